The Morgan fingerprint density at radius 2 is 2.25 bits per heavy atom. The van der Waals surface area contributed by atoms with E-state index in [1.54, 1.807) is 29.2 Å². The van der Waals surface area contributed by atoms with Crippen molar-refractivity contribution < 1.29 is 0 Å². The van der Waals surface area contributed by atoms with Crippen LogP contribution >= 0.6 is 0 Å². The maximum absolute atomic E-state index is 11.7. The number of rotatable bonds is 5. The molecule has 20 heavy (non-hydrogen) atoms. The summed E-state index contributed by atoms with van der Waals surface area (Å²) in [5.41, 5.74) is -0.0195. The fourth-order valence-corrected chi connectivity index (χ4v) is 2.78. The summed E-state index contributed by atoms with van der Waals surface area (Å²) in [5, 5.41) is 4.15. The first-order chi connectivity index (χ1) is 9.83. The minimum atomic E-state index is -0.0195. The zero-order valence-electron chi connectivity index (χ0n) is 11.4. The molecule has 0 bridgehead atoms. The molecule has 1 fully saturated rings. The number of hydrogen-bond donors (Lipinski definition) is 0. The van der Waals surface area contributed by atoms with Crippen LogP contribution in [0.3, 0.4) is 0 Å². The van der Waals surface area contributed by atoms with E-state index in [-0.39, 0.29) is 5.56 Å². The maximum Gasteiger partial charge on any atom is 0.266 e. The summed E-state index contributed by atoms with van der Waals surface area (Å²) in [6, 6.07) is 3.66. The molecule has 0 aliphatic carbocycles. The Kier molecular flexibility index (Phi) is 3.92. The molecule has 1 unspecified atom stereocenters. The molecule has 0 N–H and O–H groups in total. The molecule has 1 aliphatic rings. The van der Waals surface area contributed by atoms with Gasteiger partial charge in [-0.15, -0.1) is 0 Å². The van der Waals surface area contributed by atoms with Gasteiger partial charge in [-0.2, -0.15) is 5.10 Å². The van der Waals surface area contributed by atoms with Crippen molar-refractivity contribution in [2.75, 3.05) is 13.1 Å². The molecule has 2 aromatic heterocycles. The van der Waals surface area contributed by atoms with Crippen LogP contribution in [0.15, 0.2) is 41.8 Å². The molecule has 0 saturated carbocycles. The largest absolute Gasteiger partial charge is 0.336 e. The predicted molar refractivity (Wildman–Crippen MR) is 75.3 cm³/mol. The van der Waals surface area contributed by atoms with Crippen LogP contribution in [-0.2, 0) is 13.1 Å². The minimum Gasteiger partial charge on any atom is -0.336 e. The highest BCUT2D eigenvalue weighted by atomic mass is 16.1. The molecule has 106 valence electrons. The van der Waals surface area contributed by atoms with E-state index in [1.807, 2.05) is 12.5 Å². The summed E-state index contributed by atoms with van der Waals surface area (Å²) >= 11 is 0. The Morgan fingerprint density at radius 1 is 1.30 bits per heavy atom. The van der Waals surface area contributed by atoms with Gasteiger partial charge in [-0.3, -0.25) is 9.69 Å². The third-order valence-electron chi connectivity index (χ3n) is 3.87. The van der Waals surface area contributed by atoms with E-state index in [0.29, 0.717) is 12.6 Å². The van der Waals surface area contributed by atoms with Crippen molar-refractivity contribution in [1.29, 1.82) is 0 Å². The van der Waals surface area contributed by atoms with E-state index < -0.39 is 0 Å². The van der Waals surface area contributed by atoms with Crippen molar-refractivity contribution in [3.05, 3.63) is 47.4 Å². The summed E-state index contributed by atoms with van der Waals surface area (Å²) < 4.78 is 3.66. The zero-order valence-corrected chi connectivity index (χ0v) is 11.4. The third-order valence-corrected chi connectivity index (χ3v) is 3.87. The lowest BCUT2D eigenvalue weighted by Gasteiger charge is -2.24. The molecule has 2 aromatic rings. The monoisotopic (exact) mass is 273 g/mol. The summed E-state index contributed by atoms with van der Waals surface area (Å²) in [4.78, 5) is 18.2. The summed E-state index contributed by atoms with van der Waals surface area (Å²) in [6.07, 6.45) is 9.62. The van der Waals surface area contributed by atoms with Gasteiger partial charge < -0.3 is 4.57 Å². The zero-order chi connectivity index (χ0) is 13.8. The molecule has 0 amide bonds. The second-order valence-corrected chi connectivity index (χ2v) is 5.18. The van der Waals surface area contributed by atoms with Gasteiger partial charge in [0.05, 0.1) is 12.9 Å². The highest BCUT2D eigenvalue weighted by Gasteiger charge is 2.24. The summed E-state index contributed by atoms with van der Waals surface area (Å²) in [5.74, 6) is 0. The van der Waals surface area contributed by atoms with Crippen LogP contribution < -0.4 is 5.56 Å². The van der Waals surface area contributed by atoms with E-state index in [9.17, 15) is 4.79 Å². The van der Waals surface area contributed by atoms with Crippen molar-refractivity contribution in [3.63, 3.8) is 0 Å². The first-order valence-electron chi connectivity index (χ1n) is 7.05. The molecule has 6 heteroatoms. The summed E-state index contributed by atoms with van der Waals surface area (Å²) in [6.45, 7) is 3.71. The van der Waals surface area contributed by atoms with Gasteiger partial charge in [0.1, 0.15) is 0 Å². The van der Waals surface area contributed by atoms with E-state index in [0.717, 1.165) is 26.1 Å². The maximum atomic E-state index is 11.7. The molecule has 0 radical (unpaired) electrons. The second kappa shape index (κ2) is 6.00. The smallest absolute Gasteiger partial charge is 0.266 e. The van der Waals surface area contributed by atoms with Crippen molar-refractivity contribution in [1.82, 2.24) is 24.2 Å². The quantitative estimate of drug-likeness (QED) is 0.800. The molecule has 0 aromatic carbocycles. The number of likely N-dealkylation sites (tertiary alicyclic amines) is 1. The van der Waals surface area contributed by atoms with Gasteiger partial charge in [-0.05, 0) is 25.5 Å². The van der Waals surface area contributed by atoms with Crippen LogP contribution in [0.5, 0.6) is 0 Å². The highest BCUT2D eigenvalue weighted by molar-refractivity contribution is 4.87. The van der Waals surface area contributed by atoms with E-state index >= 15 is 0 Å². The second-order valence-electron chi connectivity index (χ2n) is 5.18. The van der Waals surface area contributed by atoms with Crippen molar-refractivity contribution in [3.8, 4) is 0 Å². The van der Waals surface area contributed by atoms with Gasteiger partial charge in [-0.1, -0.05) is 0 Å². The molecule has 1 aliphatic heterocycles. The molecule has 3 heterocycles. The Balaban J connectivity index is 1.61. The van der Waals surface area contributed by atoms with Crippen LogP contribution in [0, 0.1) is 0 Å². The molecule has 6 nitrogen and oxygen atoms in total. The molecule has 1 saturated heterocycles. The van der Waals surface area contributed by atoms with Gasteiger partial charge in [0, 0.05) is 43.8 Å². The van der Waals surface area contributed by atoms with E-state index in [2.05, 4.69) is 19.5 Å². The van der Waals surface area contributed by atoms with Crippen LogP contribution in [-0.4, -0.2) is 43.4 Å². The topological polar surface area (TPSA) is 56.0 Å². The lowest BCUT2D eigenvalue weighted by atomic mass is 10.2. The van der Waals surface area contributed by atoms with Crippen LogP contribution in [0.4, 0.5) is 0 Å². The first-order valence-corrected chi connectivity index (χ1v) is 7.05. The van der Waals surface area contributed by atoms with Gasteiger partial charge in [0.15, 0.2) is 0 Å². The normalized spacial score (nSPS) is 19.5. The SMILES string of the molecule is O=c1cccnn1CC1CCCN1CCn1ccnc1. The van der Waals surface area contributed by atoms with Crippen molar-refractivity contribution >= 4 is 0 Å². The highest BCUT2D eigenvalue weighted by Crippen LogP contribution is 2.17. The van der Waals surface area contributed by atoms with Crippen LogP contribution in [0.1, 0.15) is 12.8 Å². The van der Waals surface area contributed by atoms with E-state index in [1.165, 1.54) is 6.42 Å². The minimum absolute atomic E-state index is 0.0195. The Morgan fingerprint density at radius 3 is 3.05 bits per heavy atom. The average Bonchev–Trinajstić information content (AvgIpc) is 3.10. The van der Waals surface area contributed by atoms with Gasteiger partial charge in [-0.25, -0.2) is 9.67 Å². The Hall–Kier alpha value is -1.95. The molecular formula is C14H19N5O. The number of aromatic nitrogens is 4. The molecule has 0 spiro atoms. The third kappa shape index (κ3) is 2.96. The van der Waals surface area contributed by atoms with Crippen molar-refractivity contribution in [2.45, 2.75) is 32.0 Å². The Labute approximate surface area is 117 Å². The summed E-state index contributed by atoms with van der Waals surface area (Å²) in [7, 11) is 0. The van der Waals surface area contributed by atoms with Gasteiger partial charge in [0.2, 0.25) is 0 Å². The van der Waals surface area contributed by atoms with Gasteiger partial charge >= 0.3 is 0 Å². The van der Waals surface area contributed by atoms with E-state index in [4.69, 9.17) is 0 Å². The standard InChI is InChI=1S/C14H19N5O/c20-14-4-1-5-16-19(14)11-13-3-2-7-18(13)10-9-17-8-6-15-12-17/h1,4-6,8,12-13H,2-3,7,9-11H2. The average molecular weight is 273 g/mol. The fraction of sp³-hybridized carbons (Fsp3) is 0.500. The number of nitrogens with zero attached hydrogens (tertiary/aromatic N) is 5. The molecular weight excluding hydrogens is 254 g/mol. The Bertz CT molecular complexity index is 592. The first kappa shape index (κ1) is 13.1. The molecule has 1 atom stereocenters. The fourth-order valence-electron chi connectivity index (χ4n) is 2.78. The lowest BCUT2D eigenvalue weighted by molar-refractivity contribution is 0.217. The predicted octanol–water partition coefficient (Wildman–Crippen LogP) is 0.604. The van der Waals surface area contributed by atoms with Crippen molar-refractivity contribution in [2.24, 2.45) is 0 Å². The number of imidazole rings is 1. The molecule has 3 rings (SSSR count). The van der Waals surface area contributed by atoms with Crippen LogP contribution in [0.2, 0.25) is 0 Å². The number of hydrogen-bond acceptors (Lipinski definition) is 4. The van der Waals surface area contributed by atoms with Gasteiger partial charge in [0.25, 0.3) is 5.56 Å². The lowest BCUT2D eigenvalue weighted by Crippen LogP contribution is -2.38. The van der Waals surface area contributed by atoms with Crippen LogP contribution in [0.25, 0.3) is 0 Å².